The minimum Gasteiger partial charge on any atom is -0.344 e. The van der Waals surface area contributed by atoms with Crippen molar-refractivity contribution in [3.8, 4) is 0 Å². The normalized spacial score (nSPS) is 15.2. The van der Waals surface area contributed by atoms with Gasteiger partial charge in [0.25, 0.3) is 17.5 Å². The van der Waals surface area contributed by atoms with E-state index in [1.165, 1.54) is 24.3 Å². The number of fused-ring (bicyclic) bond motifs is 1. The van der Waals surface area contributed by atoms with Crippen LogP contribution in [-0.2, 0) is 11.8 Å². The summed E-state index contributed by atoms with van der Waals surface area (Å²) in [6.07, 6.45) is 1.73. The number of amides is 2. The molecular weight excluding hydrogens is 424 g/mol. The number of aryl methyl sites for hydroxylation is 1. The molecule has 30 heavy (non-hydrogen) atoms. The molecule has 0 saturated carbocycles. The highest BCUT2D eigenvalue weighted by atomic mass is 32.2. The smallest absolute Gasteiger partial charge is 0.285 e. The Morgan fingerprint density at radius 3 is 2.57 bits per heavy atom. The van der Waals surface area contributed by atoms with Crippen LogP contribution in [0.1, 0.15) is 16.1 Å². The average molecular weight is 438 g/mol. The molecule has 4 rings (SSSR count). The number of carbonyl (C=O) groups is 2. The summed E-state index contributed by atoms with van der Waals surface area (Å²) in [5.41, 5.74) is 4.37. The Bertz CT molecular complexity index is 1250. The van der Waals surface area contributed by atoms with Gasteiger partial charge in [0, 0.05) is 41.3 Å². The molecule has 1 saturated heterocycles. The number of nitrogens with zero attached hydrogens (tertiary/aromatic N) is 3. The van der Waals surface area contributed by atoms with Crippen LogP contribution in [0.25, 0.3) is 17.0 Å². The van der Waals surface area contributed by atoms with Gasteiger partial charge in [-0.05, 0) is 42.6 Å². The van der Waals surface area contributed by atoms with Gasteiger partial charge in [-0.2, -0.15) is 5.01 Å². The minimum absolute atomic E-state index is 0.130. The van der Waals surface area contributed by atoms with E-state index in [9.17, 15) is 19.7 Å². The lowest BCUT2D eigenvalue weighted by molar-refractivity contribution is -0.384. The zero-order chi connectivity index (χ0) is 21.4. The number of rotatable bonds is 4. The maximum Gasteiger partial charge on any atom is 0.285 e. The van der Waals surface area contributed by atoms with Crippen LogP contribution in [0.15, 0.2) is 59.5 Å². The summed E-state index contributed by atoms with van der Waals surface area (Å²) in [4.78, 5) is 35.8. The molecule has 8 nitrogen and oxygen atoms in total. The number of hydrazine groups is 1. The quantitative estimate of drug-likeness (QED) is 0.289. The number of benzene rings is 2. The van der Waals surface area contributed by atoms with E-state index in [1.54, 1.807) is 6.08 Å². The van der Waals surface area contributed by atoms with Crippen molar-refractivity contribution in [3.63, 3.8) is 0 Å². The van der Waals surface area contributed by atoms with Crippen LogP contribution in [0.2, 0.25) is 0 Å². The van der Waals surface area contributed by atoms with E-state index in [2.05, 4.69) is 5.43 Å². The second kappa shape index (κ2) is 7.73. The first-order valence-corrected chi connectivity index (χ1v) is 9.95. The number of hydrogen-bond donors (Lipinski definition) is 1. The third-order valence-corrected chi connectivity index (χ3v) is 5.92. The van der Waals surface area contributed by atoms with Crippen molar-refractivity contribution < 1.29 is 14.5 Å². The summed E-state index contributed by atoms with van der Waals surface area (Å²) in [5.74, 6) is -1.03. The van der Waals surface area contributed by atoms with Crippen molar-refractivity contribution in [3.05, 3.63) is 80.9 Å². The lowest BCUT2D eigenvalue weighted by Gasteiger charge is -2.15. The number of non-ortho nitro benzene ring substituents is 1. The Hall–Kier alpha value is -3.50. The van der Waals surface area contributed by atoms with E-state index >= 15 is 0 Å². The third-order valence-electron chi connectivity index (χ3n) is 4.62. The fraction of sp³-hybridized carbons (Fsp3) is 0.0500. The number of nitro benzene ring substituents is 1. The predicted molar refractivity (Wildman–Crippen MR) is 118 cm³/mol. The molecule has 1 aliphatic heterocycles. The van der Waals surface area contributed by atoms with E-state index in [1.807, 2.05) is 41.9 Å². The number of nitrogens with one attached hydrogen (secondary N) is 1. The number of hydrogen-bond acceptors (Lipinski definition) is 6. The molecular formula is C20H14N4O4S2. The first-order valence-electron chi connectivity index (χ1n) is 8.73. The molecule has 2 heterocycles. The second-order valence-electron chi connectivity index (χ2n) is 6.45. The van der Waals surface area contributed by atoms with Crippen molar-refractivity contribution in [1.29, 1.82) is 0 Å². The van der Waals surface area contributed by atoms with Crippen LogP contribution in [-0.4, -0.2) is 30.6 Å². The van der Waals surface area contributed by atoms with Crippen LogP contribution in [0.5, 0.6) is 0 Å². The fourth-order valence-electron chi connectivity index (χ4n) is 3.05. The monoisotopic (exact) mass is 438 g/mol. The number of thiocarbonyl (C=S) groups is 1. The average Bonchev–Trinajstić information content (AvgIpc) is 3.19. The van der Waals surface area contributed by atoms with Crippen molar-refractivity contribution in [2.75, 3.05) is 0 Å². The molecule has 150 valence electrons. The number of nitro groups is 1. The SMILES string of the molecule is Cn1c(/C=C2/SC(=S)N(NC(=O)c3ccc([N+](=O)[O-])cc3)C2=O)cc2ccccc21. The Balaban J connectivity index is 1.55. The van der Waals surface area contributed by atoms with Gasteiger partial charge in [0.05, 0.1) is 9.83 Å². The Kier molecular flexibility index (Phi) is 5.10. The molecule has 1 N–H and O–H groups in total. The largest absolute Gasteiger partial charge is 0.344 e. The second-order valence-corrected chi connectivity index (χ2v) is 8.12. The highest BCUT2D eigenvalue weighted by Crippen LogP contribution is 2.32. The van der Waals surface area contributed by atoms with Crippen LogP contribution in [0.3, 0.4) is 0 Å². The molecule has 1 fully saturated rings. The van der Waals surface area contributed by atoms with Crippen LogP contribution in [0.4, 0.5) is 5.69 Å². The summed E-state index contributed by atoms with van der Waals surface area (Å²) in [5, 5.41) is 12.8. The molecule has 1 aromatic heterocycles. The van der Waals surface area contributed by atoms with E-state index < -0.39 is 16.7 Å². The highest BCUT2D eigenvalue weighted by Gasteiger charge is 2.34. The Morgan fingerprint density at radius 2 is 1.90 bits per heavy atom. The van der Waals surface area contributed by atoms with Gasteiger partial charge in [-0.1, -0.05) is 30.0 Å². The number of aromatic nitrogens is 1. The molecule has 0 bridgehead atoms. The molecule has 10 heteroatoms. The van der Waals surface area contributed by atoms with Crippen molar-refractivity contribution in [1.82, 2.24) is 15.0 Å². The zero-order valence-electron chi connectivity index (χ0n) is 15.6. The van der Waals surface area contributed by atoms with E-state index in [4.69, 9.17) is 12.2 Å². The molecule has 0 spiro atoms. The van der Waals surface area contributed by atoms with Crippen LogP contribution >= 0.6 is 24.0 Å². The maximum absolute atomic E-state index is 12.8. The topological polar surface area (TPSA) is 97.5 Å². The Labute approximate surface area is 180 Å². The standard InChI is InChI=1S/C20H14N4O4S2/c1-22-15(10-13-4-2-3-5-16(13)22)11-17-19(26)23(20(29)30-17)21-18(25)12-6-8-14(9-7-12)24(27)28/h2-11H,1H3,(H,21,25)/b17-11+. The summed E-state index contributed by atoms with van der Waals surface area (Å²) in [6.45, 7) is 0. The molecule has 0 aliphatic carbocycles. The van der Waals surface area contributed by atoms with Crippen LogP contribution < -0.4 is 5.43 Å². The molecule has 0 unspecified atom stereocenters. The number of carbonyl (C=O) groups excluding carboxylic acids is 2. The predicted octanol–water partition coefficient (Wildman–Crippen LogP) is 3.63. The summed E-state index contributed by atoms with van der Waals surface area (Å²) < 4.78 is 2.16. The van der Waals surface area contributed by atoms with Gasteiger partial charge in [-0.25, -0.2) is 0 Å². The van der Waals surface area contributed by atoms with Gasteiger partial charge < -0.3 is 4.57 Å². The first kappa shape index (κ1) is 19.8. The van der Waals surface area contributed by atoms with Crippen molar-refractivity contribution >= 4 is 62.8 Å². The minimum atomic E-state index is -0.591. The van der Waals surface area contributed by atoms with Gasteiger partial charge in [-0.3, -0.25) is 25.1 Å². The van der Waals surface area contributed by atoms with Crippen molar-refractivity contribution in [2.24, 2.45) is 7.05 Å². The van der Waals surface area contributed by atoms with E-state index in [-0.39, 0.29) is 15.6 Å². The lowest BCUT2D eigenvalue weighted by Crippen LogP contribution is -2.44. The third kappa shape index (κ3) is 3.58. The molecule has 2 aromatic carbocycles. The summed E-state index contributed by atoms with van der Waals surface area (Å²) >= 11 is 6.34. The highest BCUT2D eigenvalue weighted by molar-refractivity contribution is 8.26. The maximum atomic E-state index is 12.8. The number of para-hydroxylation sites is 1. The lowest BCUT2D eigenvalue weighted by atomic mass is 10.2. The summed E-state index contributed by atoms with van der Waals surface area (Å²) in [7, 11) is 1.91. The van der Waals surface area contributed by atoms with Gasteiger partial charge in [-0.15, -0.1) is 0 Å². The summed E-state index contributed by atoms with van der Waals surface area (Å²) in [6, 6.07) is 14.9. The Morgan fingerprint density at radius 1 is 1.20 bits per heavy atom. The fourth-order valence-corrected chi connectivity index (χ4v) is 4.21. The van der Waals surface area contributed by atoms with E-state index in [0.29, 0.717) is 4.91 Å². The molecule has 1 aliphatic rings. The van der Waals surface area contributed by atoms with Gasteiger partial charge >= 0.3 is 0 Å². The zero-order valence-corrected chi connectivity index (χ0v) is 17.2. The van der Waals surface area contributed by atoms with Crippen molar-refractivity contribution in [2.45, 2.75) is 0 Å². The molecule has 2 amide bonds. The van der Waals surface area contributed by atoms with Crippen LogP contribution in [0, 0.1) is 10.1 Å². The first-order chi connectivity index (χ1) is 14.3. The number of thioether (sulfide) groups is 1. The molecule has 0 radical (unpaired) electrons. The molecule has 3 aromatic rings. The van der Waals surface area contributed by atoms with Gasteiger partial charge in [0.2, 0.25) is 0 Å². The molecule has 0 atom stereocenters. The van der Waals surface area contributed by atoms with E-state index in [0.717, 1.165) is 33.4 Å². The van der Waals surface area contributed by atoms with Gasteiger partial charge in [0.15, 0.2) is 4.32 Å². The van der Waals surface area contributed by atoms with Gasteiger partial charge in [0.1, 0.15) is 0 Å².